The number of rotatable bonds is 8. The first-order valence-corrected chi connectivity index (χ1v) is 10.8. The number of hydrogen-bond donors (Lipinski definition) is 1. The minimum atomic E-state index is -0.0785. The van der Waals surface area contributed by atoms with Gasteiger partial charge in [0.25, 0.3) is 0 Å². The summed E-state index contributed by atoms with van der Waals surface area (Å²) in [6.45, 7) is 11.1. The predicted molar refractivity (Wildman–Crippen MR) is 124 cm³/mol. The van der Waals surface area contributed by atoms with Gasteiger partial charge >= 0.3 is 6.03 Å². The van der Waals surface area contributed by atoms with Gasteiger partial charge in [-0.15, -0.1) is 0 Å². The third-order valence-electron chi connectivity index (χ3n) is 5.08. The molecule has 3 aromatic rings. The number of nitrogens with zero attached hydrogens (tertiary/aromatic N) is 3. The van der Waals surface area contributed by atoms with Crippen LogP contribution in [0.4, 0.5) is 4.79 Å². The zero-order valence-corrected chi connectivity index (χ0v) is 19.1. The number of aromatic nitrogens is 2. The SMILES string of the molecule is CCCNC(=O)N(Cc1c(C)nn(-c2ccccc2)c1Oc1cccc(C)c1)C(C)C. The molecule has 1 N–H and O–H groups in total. The predicted octanol–water partition coefficient (Wildman–Crippen LogP) is 5.61. The van der Waals surface area contributed by atoms with E-state index in [4.69, 9.17) is 9.84 Å². The third-order valence-corrected chi connectivity index (χ3v) is 5.08. The van der Waals surface area contributed by atoms with Crippen molar-refractivity contribution in [3.8, 4) is 17.3 Å². The van der Waals surface area contributed by atoms with E-state index in [-0.39, 0.29) is 12.1 Å². The molecule has 1 aromatic heterocycles. The van der Waals surface area contributed by atoms with Crippen LogP contribution in [-0.4, -0.2) is 33.3 Å². The molecule has 3 rings (SSSR count). The fourth-order valence-electron chi connectivity index (χ4n) is 3.35. The summed E-state index contributed by atoms with van der Waals surface area (Å²) in [5.41, 5.74) is 3.75. The van der Waals surface area contributed by atoms with Crippen LogP contribution in [-0.2, 0) is 6.54 Å². The molecule has 0 unspecified atom stereocenters. The number of benzene rings is 2. The Morgan fingerprint density at radius 1 is 1.13 bits per heavy atom. The Hall–Kier alpha value is -3.28. The van der Waals surface area contributed by atoms with Gasteiger partial charge in [0.1, 0.15) is 5.75 Å². The minimum Gasteiger partial charge on any atom is -0.439 e. The van der Waals surface area contributed by atoms with Crippen molar-refractivity contribution in [2.24, 2.45) is 0 Å². The van der Waals surface area contributed by atoms with E-state index in [0.29, 0.717) is 19.0 Å². The number of ether oxygens (including phenoxy) is 1. The van der Waals surface area contributed by atoms with E-state index in [1.807, 2.05) is 98.8 Å². The number of hydrogen-bond acceptors (Lipinski definition) is 3. The van der Waals surface area contributed by atoms with E-state index in [1.165, 1.54) is 0 Å². The van der Waals surface area contributed by atoms with Crippen LogP contribution >= 0.6 is 0 Å². The van der Waals surface area contributed by atoms with E-state index < -0.39 is 0 Å². The lowest BCUT2D eigenvalue weighted by atomic mass is 10.2. The highest BCUT2D eigenvalue weighted by atomic mass is 16.5. The number of amides is 2. The number of para-hydroxylation sites is 1. The van der Waals surface area contributed by atoms with Crippen molar-refractivity contribution in [1.82, 2.24) is 20.0 Å². The molecule has 2 aromatic carbocycles. The summed E-state index contributed by atoms with van der Waals surface area (Å²) in [6, 6.07) is 17.8. The van der Waals surface area contributed by atoms with Crippen LogP contribution in [0.15, 0.2) is 54.6 Å². The van der Waals surface area contributed by atoms with Gasteiger partial charge in [0.05, 0.1) is 23.5 Å². The lowest BCUT2D eigenvalue weighted by molar-refractivity contribution is 0.179. The van der Waals surface area contributed by atoms with Crippen LogP contribution in [0, 0.1) is 13.8 Å². The minimum absolute atomic E-state index is 0.0307. The molecule has 0 bridgehead atoms. The van der Waals surface area contributed by atoms with Gasteiger partial charge in [-0.3, -0.25) is 0 Å². The van der Waals surface area contributed by atoms with Gasteiger partial charge in [-0.25, -0.2) is 9.48 Å². The maximum absolute atomic E-state index is 12.8. The maximum Gasteiger partial charge on any atom is 0.317 e. The molecule has 0 saturated heterocycles. The standard InChI is InChI=1S/C25H32N4O2/c1-6-15-26-25(30)28(18(2)3)17-23-20(5)27-29(21-12-8-7-9-13-21)24(23)31-22-14-10-11-19(4)16-22/h7-14,16,18H,6,15,17H2,1-5H3,(H,26,30). The molecule has 0 atom stereocenters. The van der Waals surface area contributed by atoms with Gasteiger partial charge in [0.15, 0.2) is 0 Å². The molecule has 2 amide bonds. The van der Waals surface area contributed by atoms with Gasteiger partial charge < -0.3 is 15.0 Å². The topological polar surface area (TPSA) is 59.4 Å². The van der Waals surface area contributed by atoms with Crippen molar-refractivity contribution >= 4 is 6.03 Å². The summed E-state index contributed by atoms with van der Waals surface area (Å²) in [5.74, 6) is 1.37. The molecule has 0 saturated carbocycles. The van der Waals surface area contributed by atoms with Crippen molar-refractivity contribution in [1.29, 1.82) is 0 Å². The molecular formula is C25H32N4O2. The second kappa shape index (κ2) is 10.2. The molecule has 0 aliphatic carbocycles. The van der Waals surface area contributed by atoms with Crippen LogP contribution < -0.4 is 10.1 Å². The molecular weight excluding hydrogens is 388 g/mol. The monoisotopic (exact) mass is 420 g/mol. The number of carbonyl (C=O) groups is 1. The van der Waals surface area contributed by atoms with Gasteiger partial charge in [0, 0.05) is 12.6 Å². The van der Waals surface area contributed by atoms with E-state index >= 15 is 0 Å². The van der Waals surface area contributed by atoms with E-state index in [9.17, 15) is 4.79 Å². The van der Waals surface area contributed by atoms with Crippen LogP contribution in [0.25, 0.3) is 5.69 Å². The van der Waals surface area contributed by atoms with Crippen LogP contribution in [0.3, 0.4) is 0 Å². The van der Waals surface area contributed by atoms with Crippen molar-refractivity contribution in [3.63, 3.8) is 0 Å². The Bertz CT molecular complexity index is 1010. The van der Waals surface area contributed by atoms with Crippen molar-refractivity contribution in [2.75, 3.05) is 6.54 Å². The van der Waals surface area contributed by atoms with Crippen LogP contribution in [0.5, 0.6) is 11.6 Å². The Morgan fingerprint density at radius 3 is 2.52 bits per heavy atom. The number of carbonyl (C=O) groups excluding carboxylic acids is 1. The van der Waals surface area contributed by atoms with Crippen LogP contribution in [0.1, 0.15) is 44.0 Å². The molecule has 164 valence electrons. The smallest absolute Gasteiger partial charge is 0.317 e. The second-order valence-electron chi connectivity index (χ2n) is 7.99. The highest BCUT2D eigenvalue weighted by Gasteiger charge is 2.25. The quantitative estimate of drug-likeness (QED) is 0.515. The molecule has 0 aliphatic heterocycles. The lowest BCUT2D eigenvalue weighted by Gasteiger charge is -2.27. The fraction of sp³-hybridized carbons (Fsp3) is 0.360. The second-order valence-corrected chi connectivity index (χ2v) is 7.99. The molecule has 0 radical (unpaired) electrons. The average Bonchev–Trinajstić information content (AvgIpc) is 3.05. The molecule has 6 heteroatoms. The normalized spacial score (nSPS) is 10.9. The van der Waals surface area contributed by atoms with E-state index in [0.717, 1.165) is 34.7 Å². The summed E-state index contributed by atoms with van der Waals surface area (Å²) >= 11 is 0. The summed E-state index contributed by atoms with van der Waals surface area (Å²) in [7, 11) is 0. The molecule has 31 heavy (non-hydrogen) atoms. The molecule has 0 spiro atoms. The first-order chi connectivity index (χ1) is 14.9. The first-order valence-electron chi connectivity index (χ1n) is 10.8. The van der Waals surface area contributed by atoms with Gasteiger partial charge in [-0.1, -0.05) is 37.3 Å². The Labute approximate surface area is 184 Å². The average molecular weight is 421 g/mol. The van der Waals surface area contributed by atoms with Gasteiger partial charge in [-0.05, 0) is 63.9 Å². The van der Waals surface area contributed by atoms with Gasteiger partial charge in [0.2, 0.25) is 5.88 Å². The number of aryl methyl sites for hydroxylation is 2. The molecule has 1 heterocycles. The Balaban J connectivity index is 2.04. The number of urea groups is 1. The zero-order valence-electron chi connectivity index (χ0n) is 19.1. The lowest BCUT2D eigenvalue weighted by Crippen LogP contribution is -2.43. The summed E-state index contributed by atoms with van der Waals surface area (Å²) in [5, 5.41) is 7.75. The van der Waals surface area contributed by atoms with E-state index in [1.54, 1.807) is 0 Å². The molecule has 0 aliphatic rings. The third kappa shape index (κ3) is 5.45. The molecule has 0 fully saturated rings. The van der Waals surface area contributed by atoms with Crippen molar-refractivity contribution in [3.05, 3.63) is 71.4 Å². The Morgan fingerprint density at radius 2 is 1.87 bits per heavy atom. The van der Waals surface area contributed by atoms with Crippen LogP contribution in [0.2, 0.25) is 0 Å². The molecule has 6 nitrogen and oxygen atoms in total. The van der Waals surface area contributed by atoms with E-state index in [2.05, 4.69) is 5.32 Å². The first kappa shape index (κ1) is 22.4. The Kier molecular flexibility index (Phi) is 7.34. The van der Waals surface area contributed by atoms with Gasteiger partial charge in [-0.2, -0.15) is 5.10 Å². The summed E-state index contributed by atoms with van der Waals surface area (Å²) in [6.07, 6.45) is 0.893. The highest BCUT2D eigenvalue weighted by Crippen LogP contribution is 2.32. The summed E-state index contributed by atoms with van der Waals surface area (Å²) < 4.78 is 8.20. The maximum atomic E-state index is 12.8. The summed E-state index contributed by atoms with van der Waals surface area (Å²) in [4.78, 5) is 14.6. The van der Waals surface area contributed by atoms with Crippen molar-refractivity contribution < 1.29 is 9.53 Å². The van der Waals surface area contributed by atoms with Crippen molar-refractivity contribution in [2.45, 2.75) is 53.6 Å². The number of nitrogens with one attached hydrogen (secondary N) is 1. The fourth-order valence-corrected chi connectivity index (χ4v) is 3.35. The highest BCUT2D eigenvalue weighted by molar-refractivity contribution is 5.74. The largest absolute Gasteiger partial charge is 0.439 e. The zero-order chi connectivity index (χ0) is 22.4.